The number of fused-ring (bicyclic) bond motifs is 1. The molecule has 1 atom stereocenters. The lowest BCUT2D eigenvalue weighted by atomic mass is 9.85. The van der Waals surface area contributed by atoms with Gasteiger partial charge in [0, 0.05) is 56.4 Å². The van der Waals surface area contributed by atoms with Crippen LogP contribution in [0.3, 0.4) is 0 Å². The first-order valence-corrected chi connectivity index (χ1v) is 13.6. The lowest BCUT2D eigenvalue weighted by molar-refractivity contribution is -0.149. The summed E-state index contributed by atoms with van der Waals surface area (Å²) in [4.78, 5) is 30.7. The molecule has 1 fully saturated rings. The molecule has 11 heteroatoms. The molecule has 2 aromatic rings. The maximum atomic E-state index is 13.8. The molecule has 1 aromatic heterocycles. The number of nitrogens with zero attached hydrogens (tertiary/aromatic N) is 3. The van der Waals surface area contributed by atoms with Gasteiger partial charge < -0.3 is 23.7 Å². The van der Waals surface area contributed by atoms with E-state index in [-0.39, 0.29) is 24.6 Å². The van der Waals surface area contributed by atoms with E-state index in [0.29, 0.717) is 23.6 Å². The van der Waals surface area contributed by atoms with Crippen LogP contribution in [0.5, 0.6) is 5.75 Å². The van der Waals surface area contributed by atoms with Gasteiger partial charge in [-0.2, -0.15) is 13.2 Å². The Morgan fingerprint density at radius 1 is 1.12 bits per heavy atom. The van der Waals surface area contributed by atoms with E-state index in [9.17, 15) is 22.8 Å². The number of benzene rings is 1. The number of alkyl halides is 3. The highest BCUT2D eigenvalue weighted by Gasteiger charge is 2.45. The molecule has 4 rings (SSSR count). The van der Waals surface area contributed by atoms with Gasteiger partial charge in [0.1, 0.15) is 24.0 Å². The van der Waals surface area contributed by atoms with Crippen molar-refractivity contribution < 1.29 is 37.0 Å². The average Bonchev–Trinajstić information content (AvgIpc) is 3.19. The van der Waals surface area contributed by atoms with Gasteiger partial charge in [0.25, 0.3) is 5.91 Å². The molecule has 1 aromatic carbocycles. The highest BCUT2D eigenvalue weighted by Crippen LogP contribution is 2.42. The van der Waals surface area contributed by atoms with E-state index < -0.39 is 35.3 Å². The van der Waals surface area contributed by atoms with E-state index in [1.165, 1.54) is 11.9 Å². The van der Waals surface area contributed by atoms with Crippen molar-refractivity contribution in [3.05, 3.63) is 52.8 Å². The SMILES string of the molecule is CC(C)OC(=O)C1CN(C(=O)c2ccc(OCCN3CCOCC3)cc2)CC(C)(C)c2c1cc(C(F)(F)F)n2C. The van der Waals surface area contributed by atoms with Gasteiger partial charge in [-0.05, 0) is 49.7 Å². The lowest BCUT2D eigenvalue weighted by Gasteiger charge is -2.32. The van der Waals surface area contributed by atoms with Crippen molar-refractivity contribution >= 4 is 11.9 Å². The molecule has 0 saturated carbocycles. The molecule has 1 unspecified atom stereocenters. The number of ether oxygens (including phenoxy) is 3. The lowest BCUT2D eigenvalue weighted by Crippen LogP contribution is -2.42. The van der Waals surface area contributed by atoms with Crippen LogP contribution < -0.4 is 4.74 Å². The number of aromatic nitrogens is 1. The molecule has 3 heterocycles. The molecular formula is C29H38F3N3O5. The van der Waals surface area contributed by atoms with Crippen LogP contribution in [0.25, 0.3) is 0 Å². The Bertz CT molecular complexity index is 1200. The molecular weight excluding hydrogens is 527 g/mol. The Labute approximate surface area is 233 Å². The Balaban J connectivity index is 1.55. The van der Waals surface area contributed by atoms with Crippen molar-refractivity contribution in [1.29, 1.82) is 0 Å². The van der Waals surface area contributed by atoms with Crippen molar-refractivity contribution in [2.24, 2.45) is 7.05 Å². The zero-order chi connectivity index (χ0) is 29.2. The van der Waals surface area contributed by atoms with Gasteiger partial charge in [-0.15, -0.1) is 0 Å². The Morgan fingerprint density at radius 3 is 2.38 bits per heavy atom. The summed E-state index contributed by atoms with van der Waals surface area (Å²) in [6.45, 7) is 11.4. The summed E-state index contributed by atoms with van der Waals surface area (Å²) in [5.74, 6) is -1.41. The number of esters is 1. The fraction of sp³-hybridized carbons (Fsp3) is 0.586. The van der Waals surface area contributed by atoms with Crippen molar-refractivity contribution in [2.75, 3.05) is 52.5 Å². The van der Waals surface area contributed by atoms with Gasteiger partial charge in [-0.3, -0.25) is 14.5 Å². The first-order valence-electron chi connectivity index (χ1n) is 13.6. The third kappa shape index (κ3) is 6.63. The number of carbonyl (C=O) groups excluding carboxylic acids is 2. The van der Waals surface area contributed by atoms with Crippen LogP contribution >= 0.6 is 0 Å². The van der Waals surface area contributed by atoms with Crippen molar-refractivity contribution in [2.45, 2.75) is 51.3 Å². The number of amides is 1. The minimum Gasteiger partial charge on any atom is -0.492 e. The second-order valence-corrected chi connectivity index (χ2v) is 11.3. The second kappa shape index (κ2) is 11.8. The smallest absolute Gasteiger partial charge is 0.431 e. The molecule has 1 saturated heterocycles. The third-order valence-corrected chi connectivity index (χ3v) is 7.36. The predicted octanol–water partition coefficient (Wildman–Crippen LogP) is 4.22. The number of halogens is 3. The summed E-state index contributed by atoms with van der Waals surface area (Å²) in [5.41, 5.74) is -0.709. The number of hydrogen-bond acceptors (Lipinski definition) is 6. The molecule has 0 N–H and O–H groups in total. The normalized spacial score (nSPS) is 19.7. The molecule has 0 aliphatic carbocycles. The summed E-state index contributed by atoms with van der Waals surface area (Å²) >= 11 is 0. The first kappa shape index (κ1) is 29.9. The fourth-order valence-corrected chi connectivity index (χ4v) is 5.61. The van der Waals surface area contributed by atoms with Gasteiger partial charge >= 0.3 is 12.1 Å². The number of carbonyl (C=O) groups is 2. The standard InChI is InChI=1S/C29H38F3N3O5/c1-19(2)40-27(37)23-17-35(18-28(3,4)25-22(23)16-24(33(25)5)29(30,31)32)26(36)20-6-8-21(9-7-20)39-15-12-34-10-13-38-14-11-34/h6-9,16,19,23H,10-15,17-18H2,1-5H3. The number of morpholine rings is 1. The highest BCUT2D eigenvalue weighted by atomic mass is 19.4. The van der Waals surface area contributed by atoms with Crippen molar-refractivity contribution in [3.8, 4) is 5.75 Å². The van der Waals surface area contributed by atoms with E-state index in [2.05, 4.69) is 4.90 Å². The molecule has 220 valence electrons. The summed E-state index contributed by atoms with van der Waals surface area (Å²) in [5, 5.41) is 0. The molecule has 0 bridgehead atoms. The summed E-state index contributed by atoms with van der Waals surface area (Å²) < 4.78 is 59.3. The molecule has 2 aliphatic heterocycles. The summed E-state index contributed by atoms with van der Waals surface area (Å²) in [6.07, 6.45) is -5.05. The second-order valence-electron chi connectivity index (χ2n) is 11.3. The minimum absolute atomic E-state index is 0.0973. The van der Waals surface area contributed by atoms with E-state index >= 15 is 0 Å². The van der Waals surface area contributed by atoms with Crippen LogP contribution in [0.1, 0.15) is 60.9 Å². The Morgan fingerprint density at radius 2 is 1.77 bits per heavy atom. The third-order valence-electron chi connectivity index (χ3n) is 7.36. The monoisotopic (exact) mass is 565 g/mol. The molecule has 0 radical (unpaired) electrons. The minimum atomic E-state index is -4.59. The van der Waals surface area contributed by atoms with Gasteiger partial charge in [0.05, 0.1) is 19.3 Å². The van der Waals surface area contributed by atoms with Gasteiger partial charge in [0.2, 0.25) is 0 Å². The van der Waals surface area contributed by atoms with Gasteiger partial charge in [0.15, 0.2) is 0 Å². The number of hydrogen-bond donors (Lipinski definition) is 0. The first-order chi connectivity index (χ1) is 18.8. The van der Waals surface area contributed by atoms with Crippen molar-refractivity contribution in [1.82, 2.24) is 14.4 Å². The van der Waals surface area contributed by atoms with Crippen LogP contribution in [0.2, 0.25) is 0 Å². The number of rotatable bonds is 7. The zero-order valence-corrected chi connectivity index (χ0v) is 23.7. The molecule has 8 nitrogen and oxygen atoms in total. The molecule has 1 amide bonds. The molecule has 2 aliphatic rings. The van der Waals surface area contributed by atoms with Crippen molar-refractivity contribution in [3.63, 3.8) is 0 Å². The maximum Gasteiger partial charge on any atom is 0.431 e. The van der Waals surface area contributed by atoms with Crippen LogP contribution in [0.4, 0.5) is 13.2 Å². The van der Waals surface area contributed by atoms with E-state index in [4.69, 9.17) is 14.2 Å². The van der Waals surface area contributed by atoms with E-state index in [0.717, 1.165) is 43.5 Å². The quantitative estimate of drug-likeness (QED) is 0.468. The fourth-order valence-electron chi connectivity index (χ4n) is 5.61. The predicted molar refractivity (Wildman–Crippen MR) is 143 cm³/mol. The van der Waals surface area contributed by atoms with E-state index in [1.807, 2.05) is 0 Å². The molecule has 40 heavy (non-hydrogen) atoms. The largest absolute Gasteiger partial charge is 0.492 e. The zero-order valence-electron chi connectivity index (χ0n) is 23.7. The van der Waals surface area contributed by atoms with Gasteiger partial charge in [-0.1, -0.05) is 13.8 Å². The summed E-state index contributed by atoms with van der Waals surface area (Å²) in [6, 6.07) is 7.82. The summed E-state index contributed by atoms with van der Waals surface area (Å²) in [7, 11) is 1.35. The van der Waals surface area contributed by atoms with Crippen LogP contribution in [0, 0.1) is 0 Å². The van der Waals surface area contributed by atoms with Gasteiger partial charge in [-0.25, -0.2) is 0 Å². The maximum absolute atomic E-state index is 13.8. The van der Waals surface area contributed by atoms with Crippen LogP contribution in [0.15, 0.2) is 30.3 Å². The van der Waals surface area contributed by atoms with E-state index in [1.54, 1.807) is 52.0 Å². The highest BCUT2D eigenvalue weighted by molar-refractivity contribution is 5.95. The molecule has 0 spiro atoms. The van der Waals surface area contributed by atoms with Crippen LogP contribution in [-0.4, -0.2) is 84.9 Å². The Hall–Kier alpha value is -3.05. The average molecular weight is 566 g/mol. The Kier molecular flexibility index (Phi) is 8.84. The van der Waals surface area contributed by atoms with Crippen LogP contribution in [-0.2, 0) is 32.9 Å². The topological polar surface area (TPSA) is 73.2 Å².